The van der Waals surface area contributed by atoms with Gasteiger partial charge in [0.2, 0.25) is 0 Å². The summed E-state index contributed by atoms with van der Waals surface area (Å²) in [6.45, 7) is 4.34. The Morgan fingerprint density at radius 1 is 1.33 bits per heavy atom. The van der Waals surface area contributed by atoms with Crippen LogP contribution in [0.2, 0.25) is 0 Å². The van der Waals surface area contributed by atoms with Gasteiger partial charge in [0.25, 0.3) is 0 Å². The summed E-state index contributed by atoms with van der Waals surface area (Å²) >= 11 is 3.53. The highest BCUT2D eigenvalue weighted by Gasteiger charge is 2.08. The van der Waals surface area contributed by atoms with E-state index in [1.165, 1.54) is 5.56 Å². The van der Waals surface area contributed by atoms with Crippen molar-refractivity contribution in [1.82, 2.24) is 9.97 Å². The second-order valence-corrected chi connectivity index (χ2v) is 4.65. The van der Waals surface area contributed by atoms with Crippen LogP contribution < -0.4 is 0 Å². The molecule has 0 aliphatic heterocycles. The fourth-order valence-corrected chi connectivity index (χ4v) is 1.75. The molecule has 66 valence electrons. The zero-order valence-corrected chi connectivity index (χ0v) is 8.95. The molecule has 12 heavy (non-hydrogen) atoms. The average Bonchev–Trinajstić information content (AvgIpc) is 2.05. The first-order valence-electron chi connectivity index (χ1n) is 4.09. The third-order valence-electron chi connectivity index (χ3n) is 1.83. The van der Waals surface area contributed by atoms with E-state index in [9.17, 15) is 0 Å². The molecule has 0 fully saturated rings. The van der Waals surface area contributed by atoms with Gasteiger partial charge in [-0.15, -0.1) is 0 Å². The van der Waals surface area contributed by atoms with Crippen LogP contribution in [0, 0.1) is 0 Å². The smallest absolute Gasteiger partial charge is 0.115 e. The largest absolute Gasteiger partial charge is 0.245 e. The molecule has 0 aliphatic rings. The average molecular weight is 229 g/mol. The maximum atomic E-state index is 3.99. The topological polar surface area (TPSA) is 25.8 Å². The van der Waals surface area contributed by atoms with Gasteiger partial charge in [0.05, 0.1) is 0 Å². The number of rotatable bonds is 3. The van der Waals surface area contributed by atoms with Gasteiger partial charge in [-0.1, -0.05) is 29.8 Å². The predicted molar refractivity (Wildman–Crippen MR) is 53.5 cm³/mol. The number of alkyl halides is 1. The highest BCUT2D eigenvalue weighted by Crippen LogP contribution is 2.21. The molecule has 2 atom stereocenters. The Kier molecular flexibility index (Phi) is 3.66. The number of hydrogen-bond donors (Lipinski definition) is 0. The van der Waals surface area contributed by atoms with Gasteiger partial charge < -0.3 is 0 Å². The fourth-order valence-electron chi connectivity index (χ4n) is 1.19. The second-order valence-electron chi connectivity index (χ2n) is 3.09. The summed E-state index contributed by atoms with van der Waals surface area (Å²) in [4.78, 5) is 8.52. The lowest BCUT2D eigenvalue weighted by atomic mass is 10.00. The Hall–Kier alpha value is -0.440. The molecular formula is C9H13BrN2. The quantitative estimate of drug-likeness (QED) is 0.744. The summed E-state index contributed by atoms with van der Waals surface area (Å²) in [6, 6.07) is 0. The second kappa shape index (κ2) is 4.55. The van der Waals surface area contributed by atoms with Gasteiger partial charge in [-0.25, -0.2) is 9.97 Å². The van der Waals surface area contributed by atoms with Crippen LogP contribution in [-0.2, 0) is 0 Å². The van der Waals surface area contributed by atoms with Crippen molar-refractivity contribution >= 4 is 15.9 Å². The molecule has 2 unspecified atom stereocenters. The summed E-state index contributed by atoms with van der Waals surface area (Å²) in [5.41, 5.74) is 1.21. The predicted octanol–water partition coefficient (Wildman–Crippen LogP) is 2.75. The number of halogens is 1. The SMILES string of the molecule is CC(Br)CC(C)c1cncnc1. The van der Waals surface area contributed by atoms with E-state index in [0.717, 1.165) is 6.42 Å². The van der Waals surface area contributed by atoms with Crippen molar-refractivity contribution in [3.63, 3.8) is 0 Å². The first-order valence-corrected chi connectivity index (χ1v) is 5.00. The molecule has 0 saturated heterocycles. The van der Waals surface area contributed by atoms with Crippen molar-refractivity contribution in [3.05, 3.63) is 24.3 Å². The maximum Gasteiger partial charge on any atom is 0.115 e. The molecule has 1 aromatic rings. The summed E-state index contributed by atoms with van der Waals surface area (Å²) < 4.78 is 0. The minimum atomic E-state index is 0.528. The Morgan fingerprint density at radius 2 is 1.92 bits per heavy atom. The highest BCUT2D eigenvalue weighted by atomic mass is 79.9. The van der Waals surface area contributed by atoms with E-state index >= 15 is 0 Å². The summed E-state index contributed by atoms with van der Waals surface area (Å²) in [5.74, 6) is 0.528. The monoisotopic (exact) mass is 228 g/mol. The molecule has 0 bridgehead atoms. The number of nitrogens with zero attached hydrogens (tertiary/aromatic N) is 2. The summed E-state index contributed by atoms with van der Waals surface area (Å²) in [6.07, 6.45) is 6.45. The molecule has 0 aromatic carbocycles. The first kappa shape index (κ1) is 9.65. The molecular weight excluding hydrogens is 216 g/mol. The lowest BCUT2D eigenvalue weighted by Crippen LogP contribution is -2.01. The van der Waals surface area contributed by atoms with Gasteiger partial charge in [-0.05, 0) is 17.9 Å². The first-order chi connectivity index (χ1) is 5.70. The number of aromatic nitrogens is 2. The Labute approximate surface area is 81.6 Å². The zero-order chi connectivity index (χ0) is 8.97. The molecule has 0 N–H and O–H groups in total. The summed E-state index contributed by atoms with van der Waals surface area (Å²) in [7, 11) is 0. The molecule has 0 spiro atoms. The van der Waals surface area contributed by atoms with Crippen LogP contribution in [0.3, 0.4) is 0 Å². The summed E-state index contributed by atoms with van der Waals surface area (Å²) in [5, 5.41) is 0. The molecule has 0 amide bonds. The molecule has 3 heteroatoms. The fraction of sp³-hybridized carbons (Fsp3) is 0.556. The van der Waals surface area contributed by atoms with Gasteiger partial charge in [0, 0.05) is 17.2 Å². The third-order valence-corrected chi connectivity index (χ3v) is 2.20. The van der Waals surface area contributed by atoms with Gasteiger partial charge in [0.15, 0.2) is 0 Å². The van der Waals surface area contributed by atoms with Crippen molar-refractivity contribution in [3.8, 4) is 0 Å². The minimum Gasteiger partial charge on any atom is -0.245 e. The lowest BCUT2D eigenvalue weighted by Gasteiger charge is -2.11. The molecule has 1 rings (SSSR count). The van der Waals surface area contributed by atoms with Crippen molar-refractivity contribution in [2.45, 2.75) is 31.0 Å². The van der Waals surface area contributed by atoms with Crippen molar-refractivity contribution in [2.24, 2.45) is 0 Å². The Morgan fingerprint density at radius 3 is 2.42 bits per heavy atom. The van der Waals surface area contributed by atoms with E-state index < -0.39 is 0 Å². The standard InChI is InChI=1S/C9H13BrN2/c1-7(3-8(2)10)9-4-11-6-12-5-9/h4-8H,3H2,1-2H3. The van der Waals surface area contributed by atoms with E-state index in [1.54, 1.807) is 6.33 Å². The van der Waals surface area contributed by atoms with Crippen molar-refractivity contribution in [2.75, 3.05) is 0 Å². The normalized spacial score (nSPS) is 15.6. The highest BCUT2D eigenvalue weighted by molar-refractivity contribution is 9.09. The van der Waals surface area contributed by atoms with Crippen LogP contribution in [-0.4, -0.2) is 14.8 Å². The van der Waals surface area contributed by atoms with Gasteiger partial charge >= 0.3 is 0 Å². The van der Waals surface area contributed by atoms with Crippen LogP contribution in [0.15, 0.2) is 18.7 Å². The van der Waals surface area contributed by atoms with Crippen molar-refractivity contribution in [1.29, 1.82) is 0 Å². The molecule has 0 aliphatic carbocycles. The Balaban J connectivity index is 2.59. The molecule has 0 radical (unpaired) electrons. The van der Waals surface area contributed by atoms with Gasteiger partial charge in [0.1, 0.15) is 6.33 Å². The molecule has 2 nitrogen and oxygen atoms in total. The van der Waals surface area contributed by atoms with Crippen molar-refractivity contribution < 1.29 is 0 Å². The van der Waals surface area contributed by atoms with E-state index in [2.05, 4.69) is 39.7 Å². The minimum absolute atomic E-state index is 0.528. The van der Waals surface area contributed by atoms with Crippen LogP contribution >= 0.6 is 15.9 Å². The Bertz CT molecular complexity index is 223. The zero-order valence-electron chi connectivity index (χ0n) is 7.37. The van der Waals surface area contributed by atoms with Gasteiger partial charge in [-0.3, -0.25) is 0 Å². The molecule has 0 saturated carbocycles. The molecule has 1 aromatic heterocycles. The van der Waals surface area contributed by atoms with E-state index in [1.807, 2.05) is 12.4 Å². The third kappa shape index (κ3) is 2.89. The van der Waals surface area contributed by atoms with Crippen LogP contribution in [0.25, 0.3) is 0 Å². The van der Waals surface area contributed by atoms with Crippen LogP contribution in [0.5, 0.6) is 0 Å². The van der Waals surface area contributed by atoms with E-state index in [0.29, 0.717) is 10.7 Å². The molecule has 1 heterocycles. The van der Waals surface area contributed by atoms with Crippen LogP contribution in [0.1, 0.15) is 31.7 Å². The van der Waals surface area contributed by atoms with E-state index in [4.69, 9.17) is 0 Å². The van der Waals surface area contributed by atoms with E-state index in [-0.39, 0.29) is 0 Å². The maximum absolute atomic E-state index is 3.99. The lowest BCUT2D eigenvalue weighted by molar-refractivity contribution is 0.675. The van der Waals surface area contributed by atoms with Crippen LogP contribution in [0.4, 0.5) is 0 Å². The van der Waals surface area contributed by atoms with Gasteiger partial charge in [-0.2, -0.15) is 0 Å². The number of hydrogen-bond acceptors (Lipinski definition) is 2.